The van der Waals surface area contributed by atoms with Gasteiger partial charge in [0.2, 0.25) is 6.39 Å². The Balaban J connectivity index is 2.47. The Bertz CT molecular complexity index is 577. The van der Waals surface area contributed by atoms with Crippen LogP contribution in [0.15, 0.2) is 35.1 Å². The maximum atomic E-state index is 11.0. The zero-order valence-corrected chi connectivity index (χ0v) is 9.14. The minimum Gasteiger partial charge on any atom is -0.423 e. The van der Waals surface area contributed by atoms with Gasteiger partial charge in [0.1, 0.15) is 0 Å². The third-order valence-corrected chi connectivity index (χ3v) is 2.20. The number of hydrogen-bond acceptors (Lipinski definition) is 6. The van der Waals surface area contributed by atoms with E-state index in [4.69, 9.17) is 8.60 Å². The highest BCUT2D eigenvalue weighted by atomic mass is 32.2. The second kappa shape index (κ2) is 3.93. The van der Waals surface area contributed by atoms with Crippen molar-refractivity contribution in [1.82, 2.24) is 10.2 Å². The fourth-order valence-electron chi connectivity index (χ4n) is 1.17. The summed E-state index contributed by atoms with van der Waals surface area (Å²) in [7, 11) is -3.58. The molecule has 7 heteroatoms. The first-order valence-electron chi connectivity index (χ1n) is 4.31. The largest absolute Gasteiger partial charge is 0.423 e. The van der Waals surface area contributed by atoms with Crippen LogP contribution in [0.3, 0.4) is 0 Å². The molecule has 0 saturated carbocycles. The minimum absolute atomic E-state index is 0.161. The summed E-state index contributed by atoms with van der Waals surface area (Å²) in [5.41, 5.74) is 0.436. The van der Waals surface area contributed by atoms with Gasteiger partial charge in [-0.2, -0.15) is 8.42 Å². The van der Waals surface area contributed by atoms with Crippen molar-refractivity contribution in [2.45, 2.75) is 0 Å². The molecule has 0 N–H and O–H groups in total. The van der Waals surface area contributed by atoms with Crippen LogP contribution in [0.4, 0.5) is 0 Å². The van der Waals surface area contributed by atoms with Crippen molar-refractivity contribution in [3.8, 4) is 17.2 Å². The molecule has 1 heterocycles. The van der Waals surface area contributed by atoms with Crippen LogP contribution in [0.5, 0.6) is 5.75 Å². The molecule has 0 unspecified atom stereocenters. The minimum atomic E-state index is -3.58. The Morgan fingerprint density at radius 3 is 2.69 bits per heavy atom. The van der Waals surface area contributed by atoms with Gasteiger partial charge >= 0.3 is 10.1 Å². The number of aromatic nitrogens is 2. The molecule has 0 aliphatic heterocycles. The van der Waals surface area contributed by atoms with Crippen molar-refractivity contribution in [3.05, 3.63) is 30.7 Å². The molecule has 0 aliphatic rings. The average Bonchev–Trinajstić information content (AvgIpc) is 2.69. The molecule has 16 heavy (non-hydrogen) atoms. The Kier molecular flexibility index (Phi) is 2.61. The molecule has 0 bridgehead atoms. The Labute approximate surface area is 92.0 Å². The van der Waals surface area contributed by atoms with Gasteiger partial charge in [0.05, 0.1) is 11.8 Å². The molecule has 0 amide bonds. The number of hydrogen-bond donors (Lipinski definition) is 0. The van der Waals surface area contributed by atoms with Gasteiger partial charge in [0, 0.05) is 0 Å². The van der Waals surface area contributed by atoms with E-state index in [-0.39, 0.29) is 11.6 Å². The van der Waals surface area contributed by atoms with Gasteiger partial charge in [0.15, 0.2) is 5.75 Å². The lowest BCUT2D eigenvalue weighted by atomic mass is 10.2. The zero-order chi connectivity index (χ0) is 11.6. The predicted octanol–water partition coefficient (Wildman–Crippen LogP) is 1.08. The fourth-order valence-corrected chi connectivity index (χ4v) is 1.64. The lowest BCUT2D eigenvalue weighted by Gasteiger charge is -2.05. The molecule has 1 aromatic carbocycles. The van der Waals surface area contributed by atoms with Crippen molar-refractivity contribution < 1.29 is 17.0 Å². The van der Waals surface area contributed by atoms with E-state index in [1.807, 2.05) is 0 Å². The van der Waals surface area contributed by atoms with E-state index in [1.165, 1.54) is 6.07 Å². The highest BCUT2D eigenvalue weighted by Crippen LogP contribution is 2.28. The normalized spacial score (nSPS) is 11.3. The van der Waals surface area contributed by atoms with Crippen LogP contribution in [-0.4, -0.2) is 24.9 Å². The van der Waals surface area contributed by atoms with E-state index in [2.05, 4.69) is 10.2 Å². The quantitative estimate of drug-likeness (QED) is 0.746. The predicted molar refractivity (Wildman–Crippen MR) is 55.2 cm³/mol. The van der Waals surface area contributed by atoms with E-state index < -0.39 is 10.1 Å². The molecule has 0 radical (unpaired) electrons. The van der Waals surface area contributed by atoms with Crippen molar-refractivity contribution in [3.63, 3.8) is 0 Å². The smallest absolute Gasteiger partial charge is 0.306 e. The molecule has 1 aromatic heterocycles. The van der Waals surface area contributed by atoms with Crippen LogP contribution in [0.2, 0.25) is 0 Å². The summed E-state index contributed by atoms with van der Waals surface area (Å²) in [5.74, 6) is 0.369. The summed E-state index contributed by atoms with van der Waals surface area (Å²) in [6, 6.07) is 6.52. The molecule has 2 aromatic rings. The molecule has 0 atom stereocenters. The molecule has 0 spiro atoms. The van der Waals surface area contributed by atoms with Gasteiger partial charge in [-0.3, -0.25) is 0 Å². The fraction of sp³-hybridized carbons (Fsp3) is 0.111. The highest BCUT2D eigenvalue weighted by molar-refractivity contribution is 7.86. The number of benzene rings is 1. The maximum Gasteiger partial charge on any atom is 0.306 e. The van der Waals surface area contributed by atoms with Gasteiger partial charge in [-0.25, -0.2) is 0 Å². The van der Waals surface area contributed by atoms with Gasteiger partial charge in [-0.1, -0.05) is 12.1 Å². The molecule has 0 fully saturated rings. The Morgan fingerprint density at radius 1 is 1.31 bits per heavy atom. The van der Waals surface area contributed by atoms with E-state index in [9.17, 15) is 8.42 Å². The molecule has 2 rings (SSSR count). The van der Waals surface area contributed by atoms with Crippen LogP contribution in [-0.2, 0) is 10.1 Å². The third kappa shape index (κ3) is 2.37. The molecular formula is C9H8N2O4S. The van der Waals surface area contributed by atoms with E-state index in [0.717, 1.165) is 12.6 Å². The van der Waals surface area contributed by atoms with Crippen molar-refractivity contribution in [1.29, 1.82) is 0 Å². The summed E-state index contributed by atoms with van der Waals surface area (Å²) in [6.45, 7) is 0. The lowest BCUT2D eigenvalue weighted by molar-refractivity contribution is 0.491. The van der Waals surface area contributed by atoms with Crippen molar-refractivity contribution in [2.24, 2.45) is 0 Å². The topological polar surface area (TPSA) is 82.3 Å². The monoisotopic (exact) mass is 240 g/mol. The summed E-state index contributed by atoms with van der Waals surface area (Å²) in [5, 5.41) is 7.20. The number of para-hydroxylation sites is 1. The molecule has 84 valence electrons. The summed E-state index contributed by atoms with van der Waals surface area (Å²) < 4.78 is 31.8. The molecule has 6 nitrogen and oxygen atoms in total. The van der Waals surface area contributed by atoms with Crippen LogP contribution in [0.25, 0.3) is 11.5 Å². The molecular weight excluding hydrogens is 232 g/mol. The van der Waals surface area contributed by atoms with E-state index in [0.29, 0.717) is 5.56 Å². The standard InChI is InChI=1S/C9H8N2O4S/c1-16(12,13)15-8-5-3-2-4-7(8)9-11-10-6-14-9/h2-6H,1H3. The summed E-state index contributed by atoms with van der Waals surface area (Å²) >= 11 is 0. The van der Waals surface area contributed by atoms with Crippen LogP contribution >= 0.6 is 0 Å². The summed E-state index contributed by atoms with van der Waals surface area (Å²) in [4.78, 5) is 0. The number of rotatable bonds is 3. The van der Waals surface area contributed by atoms with Crippen molar-refractivity contribution >= 4 is 10.1 Å². The highest BCUT2D eigenvalue weighted by Gasteiger charge is 2.13. The Morgan fingerprint density at radius 2 is 2.06 bits per heavy atom. The number of nitrogens with zero attached hydrogens (tertiary/aromatic N) is 2. The first kappa shape index (κ1) is 10.6. The van der Waals surface area contributed by atoms with Crippen LogP contribution < -0.4 is 4.18 Å². The third-order valence-electron chi connectivity index (χ3n) is 1.72. The maximum absolute atomic E-state index is 11.0. The SMILES string of the molecule is CS(=O)(=O)Oc1ccccc1-c1nnco1. The zero-order valence-electron chi connectivity index (χ0n) is 8.32. The second-order valence-corrected chi connectivity index (χ2v) is 4.60. The van der Waals surface area contributed by atoms with E-state index in [1.54, 1.807) is 18.2 Å². The first-order chi connectivity index (χ1) is 7.56. The van der Waals surface area contributed by atoms with E-state index >= 15 is 0 Å². The van der Waals surface area contributed by atoms with Crippen molar-refractivity contribution in [2.75, 3.05) is 6.26 Å². The summed E-state index contributed by atoms with van der Waals surface area (Å²) in [6.07, 6.45) is 2.13. The van der Waals surface area contributed by atoms with Gasteiger partial charge in [0.25, 0.3) is 5.89 Å². The van der Waals surface area contributed by atoms with Crippen LogP contribution in [0.1, 0.15) is 0 Å². The van der Waals surface area contributed by atoms with Gasteiger partial charge < -0.3 is 8.60 Å². The first-order valence-corrected chi connectivity index (χ1v) is 6.13. The molecule has 0 saturated heterocycles. The lowest BCUT2D eigenvalue weighted by Crippen LogP contribution is -2.06. The average molecular weight is 240 g/mol. The Hall–Kier alpha value is -1.89. The van der Waals surface area contributed by atoms with Gasteiger partial charge in [-0.05, 0) is 12.1 Å². The van der Waals surface area contributed by atoms with Gasteiger partial charge in [-0.15, -0.1) is 10.2 Å². The second-order valence-electron chi connectivity index (χ2n) is 3.03. The molecule has 0 aliphatic carbocycles. The van der Waals surface area contributed by atoms with Crippen LogP contribution in [0, 0.1) is 0 Å².